The summed E-state index contributed by atoms with van der Waals surface area (Å²) >= 11 is 0. The number of aliphatic hydroxyl groups excluding tert-OH is 1. The van der Waals surface area contributed by atoms with E-state index in [2.05, 4.69) is 24.1 Å². The van der Waals surface area contributed by atoms with Crippen LogP contribution in [0.3, 0.4) is 0 Å². The van der Waals surface area contributed by atoms with Gasteiger partial charge in [-0.05, 0) is 31.6 Å². The van der Waals surface area contributed by atoms with Crippen molar-refractivity contribution in [3.8, 4) is 0 Å². The molecule has 94 valence electrons. The fourth-order valence-corrected chi connectivity index (χ4v) is 2.15. The first-order chi connectivity index (χ1) is 7.65. The maximum atomic E-state index is 9.97. The largest absolute Gasteiger partial charge is 0.390 e. The summed E-state index contributed by atoms with van der Waals surface area (Å²) in [5.41, 5.74) is 0. The molecule has 0 amide bonds. The summed E-state index contributed by atoms with van der Waals surface area (Å²) < 4.78 is 0. The van der Waals surface area contributed by atoms with E-state index in [0.29, 0.717) is 6.04 Å². The van der Waals surface area contributed by atoms with Crippen LogP contribution in [0.25, 0.3) is 0 Å². The Morgan fingerprint density at radius 3 is 2.44 bits per heavy atom. The van der Waals surface area contributed by atoms with E-state index in [9.17, 15) is 5.11 Å². The third kappa shape index (κ3) is 4.40. The highest BCUT2D eigenvalue weighted by molar-refractivity contribution is 4.89. The van der Waals surface area contributed by atoms with Crippen molar-refractivity contribution in [3.05, 3.63) is 0 Å². The average molecular weight is 226 g/mol. The molecule has 2 fully saturated rings. The van der Waals surface area contributed by atoms with Gasteiger partial charge < -0.3 is 10.4 Å². The van der Waals surface area contributed by atoms with Crippen LogP contribution in [0.2, 0.25) is 0 Å². The quantitative estimate of drug-likeness (QED) is 0.653. The molecule has 2 aliphatic carbocycles. The Bertz CT molecular complexity index is 212. The molecule has 0 aromatic rings. The van der Waals surface area contributed by atoms with Gasteiger partial charge in [0.25, 0.3) is 0 Å². The van der Waals surface area contributed by atoms with Gasteiger partial charge in [0.2, 0.25) is 0 Å². The zero-order chi connectivity index (χ0) is 11.5. The summed E-state index contributed by atoms with van der Waals surface area (Å²) in [5.74, 6) is 0.936. The normalized spacial score (nSPS) is 23.1. The van der Waals surface area contributed by atoms with E-state index in [1.807, 2.05) is 0 Å². The molecule has 0 bridgehead atoms. The minimum Gasteiger partial charge on any atom is -0.390 e. The molecule has 1 unspecified atom stereocenters. The SMILES string of the molecule is CC(C)NCC(O)CN(CC1CC1)C1CC1. The van der Waals surface area contributed by atoms with Crippen LogP contribution >= 0.6 is 0 Å². The summed E-state index contributed by atoms with van der Waals surface area (Å²) in [6.07, 6.45) is 5.29. The van der Waals surface area contributed by atoms with E-state index in [1.165, 1.54) is 32.2 Å². The number of nitrogens with one attached hydrogen (secondary N) is 1. The van der Waals surface area contributed by atoms with Crippen LogP contribution in [0.15, 0.2) is 0 Å². The number of nitrogens with zero attached hydrogens (tertiary/aromatic N) is 1. The van der Waals surface area contributed by atoms with Crippen molar-refractivity contribution in [1.82, 2.24) is 10.2 Å². The molecule has 0 aromatic heterocycles. The molecule has 0 radical (unpaired) electrons. The van der Waals surface area contributed by atoms with Crippen molar-refractivity contribution in [2.24, 2.45) is 5.92 Å². The fraction of sp³-hybridized carbons (Fsp3) is 1.00. The summed E-state index contributed by atoms with van der Waals surface area (Å²) in [6, 6.07) is 1.25. The Kier molecular flexibility index (Phi) is 4.22. The molecule has 2 saturated carbocycles. The minimum absolute atomic E-state index is 0.207. The van der Waals surface area contributed by atoms with Gasteiger partial charge in [-0.25, -0.2) is 0 Å². The fourth-order valence-electron chi connectivity index (χ4n) is 2.15. The Labute approximate surface area is 99.2 Å². The lowest BCUT2D eigenvalue weighted by atomic mass is 10.2. The lowest BCUT2D eigenvalue weighted by Gasteiger charge is -2.25. The second-order valence-electron chi connectivity index (χ2n) is 5.85. The van der Waals surface area contributed by atoms with Gasteiger partial charge in [-0.15, -0.1) is 0 Å². The van der Waals surface area contributed by atoms with Crippen LogP contribution in [0.1, 0.15) is 39.5 Å². The molecule has 3 heteroatoms. The van der Waals surface area contributed by atoms with E-state index >= 15 is 0 Å². The van der Waals surface area contributed by atoms with Crippen molar-refractivity contribution in [2.45, 2.75) is 57.7 Å². The molecule has 0 saturated heterocycles. The maximum Gasteiger partial charge on any atom is 0.0791 e. The number of aliphatic hydroxyl groups is 1. The molecule has 2 rings (SSSR count). The van der Waals surface area contributed by atoms with Crippen LogP contribution in [-0.2, 0) is 0 Å². The summed E-state index contributed by atoms with van der Waals surface area (Å²) in [6.45, 7) is 7.06. The Balaban J connectivity index is 1.66. The van der Waals surface area contributed by atoms with Crippen molar-refractivity contribution in [1.29, 1.82) is 0 Å². The standard InChI is InChI=1S/C13H26N2O/c1-10(2)14-7-13(16)9-15(12-5-6-12)8-11-3-4-11/h10-14,16H,3-9H2,1-2H3. The number of hydrogen-bond donors (Lipinski definition) is 2. The highest BCUT2D eigenvalue weighted by atomic mass is 16.3. The van der Waals surface area contributed by atoms with E-state index < -0.39 is 0 Å². The van der Waals surface area contributed by atoms with E-state index in [0.717, 1.165) is 25.0 Å². The van der Waals surface area contributed by atoms with Crippen LogP contribution in [0.5, 0.6) is 0 Å². The van der Waals surface area contributed by atoms with Crippen LogP contribution < -0.4 is 5.32 Å². The molecule has 2 N–H and O–H groups in total. The molecule has 0 spiro atoms. The highest BCUT2D eigenvalue weighted by Gasteiger charge is 2.34. The smallest absolute Gasteiger partial charge is 0.0791 e. The predicted octanol–water partition coefficient (Wildman–Crippen LogP) is 1.22. The van der Waals surface area contributed by atoms with Crippen LogP contribution in [0, 0.1) is 5.92 Å². The first-order valence-electron chi connectivity index (χ1n) is 6.80. The molecule has 0 heterocycles. The van der Waals surface area contributed by atoms with Crippen molar-refractivity contribution in [2.75, 3.05) is 19.6 Å². The lowest BCUT2D eigenvalue weighted by molar-refractivity contribution is 0.102. The Morgan fingerprint density at radius 1 is 1.25 bits per heavy atom. The van der Waals surface area contributed by atoms with Gasteiger partial charge in [-0.1, -0.05) is 13.8 Å². The van der Waals surface area contributed by atoms with Crippen molar-refractivity contribution < 1.29 is 5.11 Å². The second-order valence-corrected chi connectivity index (χ2v) is 5.85. The third-order valence-corrected chi connectivity index (χ3v) is 3.46. The van der Waals surface area contributed by atoms with Gasteiger partial charge in [0, 0.05) is 31.7 Å². The zero-order valence-corrected chi connectivity index (χ0v) is 10.7. The third-order valence-electron chi connectivity index (χ3n) is 3.46. The predicted molar refractivity (Wildman–Crippen MR) is 66.5 cm³/mol. The molecule has 0 aromatic carbocycles. The maximum absolute atomic E-state index is 9.97. The van der Waals surface area contributed by atoms with Gasteiger partial charge in [0.1, 0.15) is 0 Å². The Morgan fingerprint density at radius 2 is 1.94 bits per heavy atom. The second kappa shape index (κ2) is 5.48. The molecular formula is C13H26N2O. The monoisotopic (exact) mass is 226 g/mol. The molecule has 3 nitrogen and oxygen atoms in total. The van der Waals surface area contributed by atoms with Crippen LogP contribution in [0.4, 0.5) is 0 Å². The van der Waals surface area contributed by atoms with E-state index in [1.54, 1.807) is 0 Å². The summed E-state index contributed by atoms with van der Waals surface area (Å²) in [4.78, 5) is 2.52. The lowest BCUT2D eigenvalue weighted by Crippen LogP contribution is -2.41. The van der Waals surface area contributed by atoms with E-state index in [4.69, 9.17) is 0 Å². The molecule has 1 atom stereocenters. The summed E-state index contributed by atoms with van der Waals surface area (Å²) in [7, 11) is 0. The molecule has 2 aliphatic rings. The zero-order valence-electron chi connectivity index (χ0n) is 10.7. The average Bonchev–Trinajstić information content (AvgIpc) is 3.05. The molecule has 16 heavy (non-hydrogen) atoms. The Hall–Kier alpha value is -0.120. The van der Waals surface area contributed by atoms with Crippen molar-refractivity contribution >= 4 is 0 Å². The topological polar surface area (TPSA) is 35.5 Å². The van der Waals surface area contributed by atoms with Gasteiger partial charge >= 0.3 is 0 Å². The first kappa shape index (κ1) is 12.3. The number of rotatable bonds is 8. The molecule has 0 aliphatic heterocycles. The highest BCUT2D eigenvalue weighted by Crippen LogP contribution is 2.34. The van der Waals surface area contributed by atoms with Gasteiger partial charge in [0.15, 0.2) is 0 Å². The van der Waals surface area contributed by atoms with Crippen LogP contribution in [-0.4, -0.2) is 47.8 Å². The number of hydrogen-bond acceptors (Lipinski definition) is 3. The van der Waals surface area contributed by atoms with Gasteiger partial charge in [0.05, 0.1) is 6.10 Å². The summed E-state index contributed by atoms with van der Waals surface area (Å²) in [5, 5.41) is 13.3. The van der Waals surface area contributed by atoms with Crippen molar-refractivity contribution in [3.63, 3.8) is 0 Å². The van der Waals surface area contributed by atoms with Gasteiger partial charge in [-0.3, -0.25) is 4.90 Å². The first-order valence-corrected chi connectivity index (χ1v) is 6.80. The van der Waals surface area contributed by atoms with E-state index in [-0.39, 0.29) is 6.10 Å². The molecular weight excluding hydrogens is 200 g/mol. The van der Waals surface area contributed by atoms with Gasteiger partial charge in [-0.2, -0.15) is 0 Å². The minimum atomic E-state index is -0.207.